The topological polar surface area (TPSA) is 82.1 Å². The van der Waals surface area contributed by atoms with Gasteiger partial charge in [-0.1, -0.05) is 11.2 Å². The summed E-state index contributed by atoms with van der Waals surface area (Å²) in [5.74, 6) is 0.131. The third-order valence-corrected chi connectivity index (χ3v) is 4.77. The van der Waals surface area contributed by atoms with Crippen LogP contribution in [0.4, 0.5) is 5.69 Å². The molecule has 0 spiro atoms. The number of hydrogen-bond donors (Lipinski definition) is 3. The zero-order valence-corrected chi connectivity index (χ0v) is 13.4. The molecule has 1 fully saturated rings. The lowest BCUT2D eigenvalue weighted by molar-refractivity contribution is 0.0481. The molecule has 0 bridgehead atoms. The van der Waals surface area contributed by atoms with Gasteiger partial charge in [-0.25, -0.2) is 0 Å². The highest BCUT2D eigenvalue weighted by molar-refractivity contribution is 7.98. The zero-order valence-electron chi connectivity index (χ0n) is 12.5. The predicted molar refractivity (Wildman–Crippen MR) is 87.4 cm³/mol. The lowest BCUT2D eigenvalue weighted by Crippen LogP contribution is -2.30. The van der Waals surface area contributed by atoms with E-state index in [2.05, 4.69) is 10.1 Å². The summed E-state index contributed by atoms with van der Waals surface area (Å²) in [5.41, 5.74) is 7.01. The Morgan fingerprint density at radius 2 is 2.14 bits per heavy atom. The first kappa shape index (κ1) is 16.0. The van der Waals surface area contributed by atoms with E-state index in [0.29, 0.717) is 6.42 Å². The monoisotopic (exact) mass is 309 g/mol. The Kier molecular flexibility index (Phi) is 5.00. The minimum Gasteiger partial charge on any atom is -0.409 e. The molecular formula is C15H23N3O2S. The number of aliphatic hydroxyl groups is 1. The SMILES string of the molecule is CSc1cccc(N2CCCC(C)(O)CC2)c1/C(N)=N/O. The number of thioether (sulfide) groups is 1. The van der Waals surface area contributed by atoms with Crippen molar-refractivity contribution in [2.75, 3.05) is 24.2 Å². The summed E-state index contributed by atoms with van der Waals surface area (Å²) in [7, 11) is 0. The van der Waals surface area contributed by atoms with Crippen molar-refractivity contribution in [3.05, 3.63) is 23.8 Å². The second-order valence-electron chi connectivity index (χ2n) is 5.68. The molecule has 1 unspecified atom stereocenters. The summed E-state index contributed by atoms with van der Waals surface area (Å²) in [5, 5.41) is 22.5. The zero-order chi connectivity index (χ0) is 15.5. The molecule has 0 radical (unpaired) electrons. The summed E-state index contributed by atoms with van der Waals surface area (Å²) in [6.07, 6.45) is 4.41. The number of rotatable bonds is 3. The highest BCUT2D eigenvalue weighted by atomic mass is 32.2. The molecule has 1 saturated heterocycles. The van der Waals surface area contributed by atoms with Gasteiger partial charge < -0.3 is 20.9 Å². The van der Waals surface area contributed by atoms with Gasteiger partial charge in [0.1, 0.15) is 0 Å². The minimum absolute atomic E-state index is 0.131. The quantitative estimate of drug-likeness (QED) is 0.262. The fourth-order valence-corrected chi connectivity index (χ4v) is 3.39. The molecule has 0 saturated carbocycles. The van der Waals surface area contributed by atoms with E-state index in [9.17, 15) is 5.11 Å². The van der Waals surface area contributed by atoms with Crippen LogP contribution in [0.3, 0.4) is 0 Å². The Labute approximate surface area is 129 Å². The maximum atomic E-state index is 10.2. The van der Waals surface area contributed by atoms with Gasteiger partial charge in [0.2, 0.25) is 0 Å². The second-order valence-corrected chi connectivity index (χ2v) is 6.53. The average Bonchev–Trinajstić information content (AvgIpc) is 2.66. The lowest BCUT2D eigenvalue weighted by atomic mass is 9.98. The fourth-order valence-electron chi connectivity index (χ4n) is 2.76. The predicted octanol–water partition coefficient (Wildman–Crippen LogP) is 2.24. The van der Waals surface area contributed by atoms with E-state index in [1.807, 2.05) is 31.4 Å². The van der Waals surface area contributed by atoms with Crippen molar-refractivity contribution in [2.45, 2.75) is 36.7 Å². The molecule has 4 N–H and O–H groups in total. The van der Waals surface area contributed by atoms with Gasteiger partial charge in [0.05, 0.1) is 11.2 Å². The number of hydrogen-bond acceptors (Lipinski definition) is 5. The molecule has 1 atom stereocenters. The smallest absolute Gasteiger partial charge is 0.173 e. The highest BCUT2D eigenvalue weighted by Crippen LogP contribution is 2.32. The van der Waals surface area contributed by atoms with E-state index in [1.54, 1.807) is 11.8 Å². The van der Waals surface area contributed by atoms with Gasteiger partial charge >= 0.3 is 0 Å². The van der Waals surface area contributed by atoms with Crippen LogP contribution in [0.25, 0.3) is 0 Å². The number of nitrogens with two attached hydrogens (primary N) is 1. The molecule has 21 heavy (non-hydrogen) atoms. The Morgan fingerprint density at radius 1 is 1.38 bits per heavy atom. The first-order valence-electron chi connectivity index (χ1n) is 7.11. The van der Waals surface area contributed by atoms with Crippen molar-refractivity contribution < 1.29 is 10.3 Å². The van der Waals surface area contributed by atoms with Gasteiger partial charge in [-0.2, -0.15) is 0 Å². The molecule has 0 aromatic heterocycles. The molecule has 1 aromatic carbocycles. The van der Waals surface area contributed by atoms with Crippen LogP contribution in [-0.4, -0.2) is 41.1 Å². The first-order chi connectivity index (χ1) is 9.98. The van der Waals surface area contributed by atoms with Crippen LogP contribution < -0.4 is 10.6 Å². The molecule has 1 aliphatic rings. The maximum absolute atomic E-state index is 10.2. The molecule has 0 amide bonds. The molecular weight excluding hydrogens is 286 g/mol. The molecule has 1 aromatic rings. The van der Waals surface area contributed by atoms with Crippen molar-refractivity contribution in [3.63, 3.8) is 0 Å². The van der Waals surface area contributed by atoms with Crippen LogP contribution >= 0.6 is 11.8 Å². The van der Waals surface area contributed by atoms with Crippen LogP contribution in [0, 0.1) is 0 Å². The Bertz CT molecular complexity index is 532. The van der Waals surface area contributed by atoms with E-state index in [4.69, 9.17) is 10.9 Å². The van der Waals surface area contributed by atoms with Gasteiger partial charge in [-0.05, 0) is 44.6 Å². The van der Waals surface area contributed by atoms with E-state index < -0.39 is 5.60 Å². The van der Waals surface area contributed by atoms with E-state index >= 15 is 0 Å². The lowest BCUT2D eigenvalue weighted by Gasteiger charge is -2.27. The maximum Gasteiger partial charge on any atom is 0.173 e. The molecule has 2 rings (SSSR count). The largest absolute Gasteiger partial charge is 0.409 e. The van der Waals surface area contributed by atoms with Gasteiger partial charge in [-0.3, -0.25) is 0 Å². The first-order valence-corrected chi connectivity index (χ1v) is 8.33. The summed E-state index contributed by atoms with van der Waals surface area (Å²) in [6, 6.07) is 5.95. The van der Waals surface area contributed by atoms with Crippen LogP contribution in [0.1, 0.15) is 31.7 Å². The van der Waals surface area contributed by atoms with Crippen LogP contribution in [0.2, 0.25) is 0 Å². The number of anilines is 1. The van der Waals surface area contributed by atoms with Crippen molar-refractivity contribution in [1.82, 2.24) is 0 Å². The molecule has 116 valence electrons. The van der Waals surface area contributed by atoms with Crippen molar-refractivity contribution >= 4 is 23.3 Å². The van der Waals surface area contributed by atoms with Crippen LogP contribution in [0.15, 0.2) is 28.3 Å². The van der Waals surface area contributed by atoms with Gasteiger partial charge in [0.15, 0.2) is 5.84 Å². The van der Waals surface area contributed by atoms with Gasteiger partial charge in [-0.15, -0.1) is 11.8 Å². The molecule has 1 heterocycles. The third kappa shape index (κ3) is 3.63. The van der Waals surface area contributed by atoms with Crippen molar-refractivity contribution in [1.29, 1.82) is 0 Å². The Hall–Kier alpha value is -1.40. The van der Waals surface area contributed by atoms with Crippen LogP contribution in [0.5, 0.6) is 0 Å². The van der Waals surface area contributed by atoms with Crippen molar-refractivity contribution in [2.24, 2.45) is 10.9 Å². The number of oxime groups is 1. The van der Waals surface area contributed by atoms with E-state index in [0.717, 1.165) is 42.1 Å². The van der Waals surface area contributed by atoms with Gasteiger partial charge in [0.25, 0.3) is 0 Å². The third-order valence-electron chi connectivity index (χ3n) is 3.99. The van der Waals surface area contributed by atoms with Crippen molar-refractivity contribution in [3.8, 4) is 0 Å². The Morgan fingerprint density at radius 3 is 2.81 bits per heavy atom. The normalized spacial score (nSPS) is 24.0. The fraction of sp³-hybridized carbons (Fsp3) is 0.533. The van der Waals surface area contributed by atoms with E-state index in [-0.39, 0.29) is 5.84 Å². The van der Waals surface area contributed by atoms with Gasteiger partial charge in [0, 0.05) is 23.7 Å². The highest BCUT2D eigenvalue weighted by Gasteiger charge is 2.26. The van der Waals surface area contributed by atoms with E-state index in [1.165, 1.54) is 0 Å². The molecule has 6 heteroatoms. The summed E-state index contributed by atoms with van der Waals surface area (Å²) < 4.78 is 0. The minimum atomic E-state index is -0.608. The number of amidine groups is 1. The standard InChI is InChI=1S/C15H23N3O2S/c1-15(19)7-4-9-18(10-8-15)11-5-3-6-12(21-2)13(11)14(16)17-20/h3,5-6,19-20H,4,7-10H2,1-2H3,(H2,16,17). The summed E-state index contributed by atoms with van der Waals surface area (Å²) in [4.78, 5) is 3.20. The molecule has 5 nitrogen and oxygen atoms in total. The molecule has 0 aliphatic carbocycles. The molecule has 1 aliphatic heterocycles. The second kappa shape index (κ2) is 6.58. The summed E-state index contributed by atoms with van der Waals surface area (Å²) >= 11 is 1.57. The Balaban J connectivity index is 2.39. The number of benzene rings is 1. The summed E-state index contributed by atoms with van der Waals surface area (Å²) in [6.45, 7) is 3.51. The average molecular weight is 309 g/mol. The van der Waals surface area contributed by atoms with Crippen LogP contribution in [-0.2, 0) is 0 Å². The number of nitrogens with zero attached hydrogens (tertiary/aromatic N) is 2.